The number of thioether (sulfide) groups is 1. The third-order valence-corrected chi connectivity index (χ3v) is 5.24. The van der Waals surface area contributed by atoms with Crippen LogP contribution in [0, 0.1) is 0 Å². The van der Waals surface area contributed by atoms with Gasteiger partial charge in [-0.15, -0.1) is 11.3 Å². The zero-order valence-electron chi connectivity index (χ0n) is 11.1. The smallest absolute Gasteiger partial charge is 0.350 e. The first-order valence-electron chi connectivity index (χ1n) is 6.06. The van der Waals surface area contributed by atoms with E-state index in [0.717, 1.165) is 30.3 Å². The highest BCUT2D eigenvalue weighted by atomic mass is 32.2. The minimum absolute atomic E-state index is 0.381. The molecule has 106 valence electrons. The summed E-state index contributed by atoms with van der Waals surface area (Å²) < 4.78 is 10.1. The van der Waals surface area contributed by atoms with Crippen LogP contribution >= 0.6 is 23.1 Å². The fourth-order valence-electron chi connectivity index (χ4n) is 2.02. The summed E-state index contributed by atoms with van der Waals surface area (Å²) in [4.78, 5) is 14.4. The first-order chi connectivity index (χ1) is 9.19. The van der Waals surface area contributed by atoms with Gasteiger partial charge in [-0.2, -0.15) is 11.8 Å². The molecule has 1 fully saturated rings. The number of carbonyl (C=O) groups excluding carboxylic acids is 1. The molecule has 2 rings (SSSR count). The molecule has 2 N–H and O–H groups in total. The van der Waals surface area contributed by atoms with Crippen LogP contribution in [0.2, 0.25) is 0 Å². The van der Waals surface area contributed by atoms with Gasteiger partial charge in [0.05, 0.1) is 14.2 Å². The Hall–Kier alpha value is -1.08. The van der Waals surface area contributed by atoms with Gasteiger partial charge in [0, 0.05) is 18.8 Å². The van der Waals surface area contributed by atoms with Crippen molar-refractivity contribution in [1.82, 2.24) is 0 Å². The molecule has 0 unspecified atom stereocenters. The van der Waals surface area contributed by atoms with Crippen LogP contribution in [-0.2, 0) is 4.74 Å². The summed E-state index contributed by atoms with van der Waals surface area (Å²) in [6.07, 6.45) is 1.12. The van der Waals surface area contributed by atoms with E-state index in [0.29, 0.717) is 16.3 Å². The van der Waals surface area contributed by atoms with Crippen molar-refractivity contribution in [3.8, 4) is 5.75 Å². The van der Waals surface area contributed by atoms with Gasteiger partial charge in [0.2, 0.25) is 0 Å². The van der Waals surface area contributed by atoms with Crippen LogP contribution in [-0.4, -0.2) is 44.8 Å². The van der Waals surface area contributed by atoms with Crippen molar-refractivity contribution in [1.29, 1.82) is 0 Å². The molecular formula is C12H18N2O3S2. The molecule has 1 aliphatic rings. The van der Waals surface area contributed by atoms with Crippen molar-refractivity contribution >= 4 is 39.8 Å². The van der Waals surface area contributed by atoms with Gasteiger partial charge >= 0.3 is 5.97 Å². The summed E-state index contributed by atoms with van der Waals surface area (Å²) in [5.41, 5.74) is 6.37. The van der Waals surface area contributed by atoms with E-state index in [2.05, 4.69) is 4.90 Å². The number of hydrogen-bond donors (Lipinski definition) is 1. The number of esters is 1. The fourth-order valence-corrected chi connectivity index (χ4v) is 4.06. The Labute approximate surface area is 121 Å². The van der Waals surface area contributed by atoms with Crippen LogP contribution in [0.5, 0.6) is 5.75 Å². The predicted octanol–water partition coefficient (Wildman–Crippen LogP) is 2.07. The second kappa shape index (κ2) is 6.38. The Bertz CT molecular complexity index is 454. The Balaban J connectivity index is 2.35. The SMILES string of the molecule is COC(=O)c1sc(N2CCCSCC2)c(OC)c1N. The molecule has 0 spiro atoms. The highest BCUT2D eigenvalue weighted by molar-refractivity contribution is 7.99. The molecule has 7 heteroatoms. The summed E-state index contributed by atoms with van der Waals surface area (Å²) in [5, 5.41) is 0.933. The number of carbonyl (C=O) groups is 1. The lowest BCUT2D eigenvalue weighted by Gasteiger charge is -2.21. The van der Waals surface area contributed by atoms with Gasteiger partial charge in [-0.05, 0) is 12.2 Å². The Morgan fingerprint density at radius 2 is 2.11 bits per heavy atom. The van der Waals surface area contributed by atoms with Crippen LogP contribution < -0.4 is 15.4 Å². The van der Waals surface area contributed by atoms with Crippen molar-refractivity contribution < 1.29 is 14.3 Å². The van der Waals surface area contributed by atoms with Crippen LogP contribution in [0.15, 0.2) is 0 Å². The van der Waals surface area contributed by atoms with Crippen molar-refractivity contribution in [2.75, 3.05) is 49.4 Å². The molecule has 0 bridgehead atoms. The second-order valence-corrected chi connectivity index (χ2v) is 6.35. The average Bonchev–Trinajstić information content (AvgIpc) is 2.61. The van der Waals surface area contributed by atoms with E-state index in [-0.39, 0.29) is 0 Å². The third kappa shape index (κ3) is 2.92. The number of thiophene rings is 1. The Morgan fingerprint density at radius 3 is 2.79 bits per heavy atom. The predicted molar refractivity (Wildman–Crippen MR) is 80.8 cm³/mol. The largest absolute Gasteiger partial charge is 0.492 e. The standard InChI is InChI=1S/C12H18N2O3S2/c1-16-9-8(13)10(12(15)17-2)19-11(9)14-4-3-6-18-7-5-14/h3-7,13H2,1-2H3. The number of nitrogens with zero attached hydrogens (tertiary/aromatic N) is 1. The molecule has 0 aliphatic carbocycles. The lowest BCUT2D eigenvalue weighted by molar-refractivity contribution is 0.0607. The van der Waals surface area contributed by atoms with Gasteiger partial charge in [0.15, 0.2) is 5.75 Å². The van der Waals surface area contributed by atoms with Gasteiger partial charge in [-0.25, -0.2) is 4.79 Å². The maximum absolute atomic E-state index is 11.7. The fraction of sp³-hybridized carbons (Fsp3) is 0.583. The monoisotopic (exact) mass is 302 g/mol. The number of ether oxygens (including phenoxy) is 2. The first-order valence-corrected chi connectivity index (χ1v) is 8.03. The summed E-state index contributed by atoms with van der Waals surface area (Å²) in [6, 6.07) is 0. The molecule has 1 aliphatic heterocycles. The maximum Gasteiger partial charge on any atom is 0.350 e. The van der Waals surface area contributed by atoms with E-state index in [1.165, 1.54) is 24.2 Å². The molecule has 2 heterocycles. The maximum atomic E-state index is 11.7. The molecule has 19 heavy (non-hydrogen) atoms. The lowest BCUT2D eigenvalue weighted by Crippen LogP contribution is -2.24. The molecule has 1 saturated heterocycles. The van der Waals surface area contributed by atoms with Gasteiger partial charge < -0.3 is 20.1 Å². The molecule has 0 saturated carbocycles. The molecule has 0 radical (unpaired) electrons. The zero-order chi connectivity index (χ0) is 13.8. The van der Waals surface area contributed by atoms with Crippen molar-refractivity contribution in [2.24, 2.45) is 0 Å². The summed E-state index contributed by atoms with van der Waals surface area (Å²) in [6.45, 7) is 1.91. The highest BCUT2D eigenvalue weighted by Gasteiger charge is 2.26. The van der Waals surface area contributed by atoms with Crippen LogP contribution in [0.25, 0.3) is 0 Å². The number of methoxy groups -OCH3 is 2. The first kappa shape index (κ1) is 14.3. The van der Waals surface area contributed by atoms with E-state index in [1.54, 1.807) is 7.11 Å². The average molecular weight is 302 g/mol. The van der Waals surface area contributed by atoms with Gasteiger partial charge in [0.25, 0.3) is 0 Å². The zero-order valence-corrected chi connectivity index (χ0v) is 12.7. The minimum Gasteiger partial charge on any atom is -0.492 e. The molecule has 0 amide bonds. The van der Waals surface area contributed by atoms with Crippen molar-refractivity contribution in [3.05, 3.63) is 4.88 Å². The van der Waals surface area contributed by atoms with Crippen LogP contribution in [0.1, 0.15) is 16.1 Å². The van der Waals surface area contributed by atoms with E-state index < -0.39 is 5.97 Å². The van der Waals surface area contributed by atoms with E-state index in [9.17, 15) is 4.79 Å². The summed E-state index contributed by atoms with van der Waals surface area (Å²) in [5.74, 6) is 2.44. The Morgan fingerprint density at radius 1 is 1.32 bits per heavy atom. The van der Waals surface area contributed by atoms with E-state index in [4.69, 9.17) is 15.2 Å². The number of rotatable bonds is 3. The molecule has 1 aromatic rings. The number of hydrogen-bond acceptors (Lipinski definition) is 7. The Kier molecular flexibility index (Phi) is 4.81. The van der Waals surface area contributed by atoms with Gasteiger partial charge in [-0.3, -0.25) is 0 Å². The van der Waals surface area contributed by atoms with Crippen LogP contribution in [0.4, 0.5) is 10.7 Å². The summed E-state index contributed by atoms with van der Waals surface area (Å²) >= 11 is 3.30. The normalized spacial score (nSPS) is 16.0. The third-order valence-electron chi connectivity index (χ3n) is 2.97. The van der Waals surface area contributed by atoms with Crippen LogP contribution in [0.3, 0.4) is 0 Å². The summed E-state index contributed by atoms with van der Waals surface area (Å²) in [7, 11) is 2.94. The number of nitrogen functional groups attached to an aromatic ring is 1. The molecular weight excluding hydrogens is 284 g/mol. The molecule has 1 aromatic heterocycles. The van der Waals surface area contributed by atoms with Gasteiger partial charge in [0.1, 0.15) is 15.6 Å². The molecule has 5 nitrogen and oxygen atoms in total. The van der Waals surface area contributed by atoms with Crippen molar-refractivity contribution in [3.63, 3.8) is 0 Å². The van der Waals surface area contributed by atoms with E-state index in [1.807, 2.05) is 11.8 Å². The topological polar surface area (TPSA) is 64.8 Å². The number of anilines is 2. The quantitative estimate of drug-likeness (QED) is 0.862. The molecule has 0 atom stereocenters. The second-order valence-electron chi connectivity index (χ2n) is 4.13. The number of nitrogens with two attached hydrogens (primary N) is 1. The minimum atomic E-state index is -0.406. The lowest BCUT2D eigenvalue weighted by atomic mass is 10.3. The molecule has 0 aromatic carbocycles. The van der Waals surface area contributed by atoms with Crippen molar-refractivity contribution in [2.45, 2.75) is 6.42 Å². The highest BCUT2D eigenvalue weighted by Crippen LogP contribution is 2.45. The van der Waals surface area contributed by atoms with E-state index >= 15 is 0 Å². The van der Waals surface area contributed by atoms with Gasteiger partial charge in [-0.1, -0.05) is 0 Å².